The Labute approximate surface area is 91.3 Å². The lowest BCUT2D eigenvalue weighted by Crippen LogP contribution is -2.12. The van der Waals surface area contributed by atoms with Crippen LogP contribution in [0.15, 0.2) is 48.6 Å². The Morgan fingerprint density at radius 3 is 2.40 bits per heavy atom. The highest BCUT2D eigenvalue weighted by Gasteiger charge is 2.37. The Morgan fingerprint density at radius 1 is 0.933 bits per heavy atom. The van der Waals surface area contributed by atoms with E-state index in [2.05, 4.69) is 48.6 Å². The monoisotopic (exact) mass is 196 g/mol. The summed E-state index contributed by atoms with van der Waals surface area (Å²) < 4.78 is 0. The largest absolute Gasteiger partial charge is 0.0739 e. The highest BCUT2D eigenvalue weighted by atomic mass is 14.4. The zero-order valence-electron chi connectivity index (χ0n) is 8.95. The Hall–Kier alpha value is -1.30. The Bertz CT molecular complexity index is 403. The fourth-order valence-corrected chi connectivity index (χ4v) is 3.03. The minimum Gasteiger partial charge on any atom is -0.0739 e. The van der Waals surface area contributed by atoms with Crippen LogP contribution in [0.3, 0.4) is 0 Å². The predicted octanol–water partition coefficient (Wildman–Crippen LogP) is 4.20. The second kappa shape index (κ2) is 3.37. The van der Waals surface area contributed by atoms with Crippen molar-refractivity contribution in [1.82, 2.24) is 0 Å². The summed E-state index contributed by atoms with van der Waals surface area (Å²) in [7, 11) is 0. The van der Waals surface area contributed by atoms with Crippen LogP contribution in [0.5, 0.6) is 0 Å². The molecule has 0 aromatic heterocycles. The summed E-state index contributed by atoms with van der Waals surface area (Å²) >= 11 is 0. The molecule has 0 saturated heterocycles. The lowest BCUT2D eigenvalue weighted by Gasteiger charge is -2.25. The van der Waals surface area contributed by atoms with Gasteiger partial charge >= 0.3 is 0 Å². The lowest BCUT2D eigenvalue weighted by atomic mass is 9.78. The first kappa shape index (κ1) is 8.96. The number of hydrogen-bond acceptors (Lipinski definition) is 0. The molecule has 2 aliphatic carbocycles. The minimum absolute atomic E-state index is 0.390. The first-order valence-electron chi connectivity index (χ1n) is 5.86. The molecule has 0 heteroatoms. The number of benzene rings is 1. The van der Waals surface area contributed by atoms with Gasteiger partial charge in [0.2, 0.25) is 0 Å². The third-order valence-electron chi connectivity index (χ3n) is 3.80. The average molecular weight is 196 g/mol. The van der Waals surface area contributed by atoms with E-state index in [9.17, 15) is 0 Å². The van der Waals surface area contributed by atoms with Crippen molar-refractivity contribution in [1.29, 1.82) is 0 Å². The van der Waals surface area contributed by atoms with Crippen molar-refractivity contribution in [2.45, 2.75) is 25.7 Å². The van der Waals surface area contributed by atoms with Gasteiger partial charge in [0.05, 0.1) is 0 Å². The van der Waals surface area contributed by atoms with Gasteiger partial charge in [-0.15, -0.1) is 0 Å². The molecule has 1 spiro atoms. The maximum absolute atomic E-state index is 2.42. The summed E-state index contributed by atoms with van der Waals surface area (Å²) in [6, 6.07) is 10.8. The smallest absolute Gasteiger partial charge is 0.0141 e. The molecule has 1 aromatic rings. The van der Waals surface area contributed by atoms with E-state index in [4.69, 9.17) is 0 Å². The highest BCUT2D eigenvalue weighted by molar-refractivity contribution is 5.76. The molecule has 76 valence electrons. The van der Waals surface area contributed by atoms with Crippen LogP contribution in [-0.2, 0) is 0 Å². The van der Waals surface area contributed by atoms with E-state index < -0.39 is 0 Å². The fourth-order valence-electron chi connectivity index (χ4n) is 3.03. The van der Waals surface area contributed by atoms with Gasteiger partial charge in [0.25, 0.3) is 0 Å². The van der Waals surface area contributed by atoms with Crippen molar-refractivity contribution >= 4 is 5.57 Å². The average Bonchev–Trinajstić information content (AvgIpc) is 2.91. The zero-order chi connectivity index (χ0) is 10.1. The van der Waals surface area contributed by atoms with Crippen LogP contribution >= 0.6 is 0 Å². The normalized spacial score (nSPS) is 22.3. The first-order valence-corrected chi connectivity index (χ1v) is 5.86. The van der Waals surface area contributed by atoms with Crippen molar-refractivity contribution in [3.63, 3.8) is 0 Å². The molecule has 0 aliphatic heterocycles. The van der Waals surface area contributed by atoms with Gasteiger partial charge in [-0.2, -0.15) is 0 Å². The van der Waals surface area contributed by atoms with Gasteiger partial charge in [-0.3, -0.25) is 0 Å². The van der Waals surface area contributed by atoms with Gasteiger partial charge < -0.3 is 0 Å². The molecule has 3 rings (SSSR count). The quantitative estimate of drug-likeness (QED) is 0.631. The van der Waals surface area contributed by atoms with E-state index >= 15 is 0 Å². The molecule has 1 saturated carbocycles. The number of allylic oxidation sites excluding steroid dienone is 4. The lowest BCUT2D eigenvalue weighted by molar-refractivity contribution is 0.542. The fraction of sp³-hybridized carbons (Fsp3) is 0.333. The predicted molar refractivity (Wildman–Crippen MR) is 64.5 cm³/mol. The molecule has 0 atom stereocenters. The van der Waals surface area contributed by atoms with Crippen LogP contribution in [0.2, 0.25) is 0 Å². The van der Waals surface area contributed by atoms with Crippen molar-refractivity contribution in [2.75, 3.05) is 0 Å². The topological polar surface area (TPSA) is 0 Å². The molecule has 2 aliphatic rings. The summed E-state index contributed by atoms with van der Waals surface area (Å²) in [6.45, 7) is 0. The summed E-state index contributed by atoms with van der Waals surface area (Å²) in [6.07, 6.45) is 12.4. The van der Waals surface area contributed by atoms with E-state index in [1.54, 1.807) is 5.57 Å². The van der Waals surface area contributed by atoms with E-state index in [0.29, 0.717) is 5.41 Å². The zero-order valence-corrected chi connectivity index (χ0v) is 8.95. The Morgan fingerprint density at radius 2 is 1.67 bits per heavy atom. The van der Waals surface area contributed by atoms with Gasteiger partial charge in [-0.05, 0) is 24.0 Å². The van der Waals surface area contributed by atoms with Crippen LogP contribution < -0.4 is 0 Å². The van der Waals surface area contributed by atoms with E-state index in [1.807, 2.05) is 0 Å². The maximum Gasteiger partial charge on any atom is 0.0141 e. The molecule has 1 fully saturated rings. The second-order valence-corrected chi connectivity index (χ2v) is 4.67. The van der Waals surface area contributed by atoms with Crippen LogP contribution in [0.1, 0.15) is 31.2 Å². The summed E-state index contributed by atoms with van der Waals surface area (Å²) in [5.74, 6) is 0. The Balaban J connectivity index is 2.01. The van der Waals surface area contributed by atoms with E-state index in [1.165, 1.54) is 31.2 Å². The molecule has 0 bridgehead atoms. The first-order chi connectivity index (χ1) is 7.41. The minimum atomic E-state index is 0.390. The van der Waals surface area contributed by atoms with Crippen LogP contribution in [-0.4, -0.2) is 0 Å². The maximum atomic E-state index is 2.42. The van der Waals surface area contributed by atoms with Gasteiger partial charge in [0, 0.05) is 5.41 Å². The molecule has 0 unspecified atom stereocenters. The van der Waals surface area contributed by atoms with Gasteiger partial charge in [-0.25, -0.2) is 0 Å². The summed E-state index contributed by atoms with van der Waals surface area (Å²) in [4.78, 5) is 0. The number of hydrogen-bond donors (Lipinski definition) is 0. The van der Waals surface area contributed by atoms with Crippen LogP contribution in [0, 0.1) is 5.41 Å². The van der Waals surface area contributed by atoms with E-state index in [-0.39, 0.29) is 0 Å². The Kier molecular flexibility index (Phi) is 2.02. The van der Waals surface area contributed by atoms with Crippen molar-refractivity contribution < 1.29 is 0 Å². The van der Waals surface area contributed by atoms with Crippen molar-refractivity contribution in [3.8, 4) is 0 Å². The third kappa shape index (κ3) is 1.36. The van der Waals surface area contributed by atoms with Crippen molar-refractivity contribution in [2.24, 2.45) is 5.41 Å². The summed E-state index contributed by atoms with van der Waals surface area (Å²) in [5.41, 5.74) is 3.34. The van der Waals surface area contributed by atoms with E-state index in [0.717, 1.165) is 0 Å². The highest BCUT2D eigenvalue weighted by Crippen LogP contribution is 2.51. The summed E-state index contributed by atoms with van der Waals surface area (Å²) in [5, 5.41) is 0. The molecule has 0 N–H and O–H groups in total. The second-order valence-electron chi connectivity index (χ2n) is 4.67. The van der Waals surface area contributed by atoms with Crippen LogP contribution in [0.25, 0.3) is 5.57 Å². The molecule has 15 heavy (non-hydrogen) atoms. The molecule has 0 heterocycles. The third-order valence-corrected chi connectivity index (χ3v) is 3.80. The number of rotatable bonds is 1. The molecular weight excluding hydrogens is 180 g/mol. The molecule has 0 nitrogen and oxygen atoms in total. The standard InChI is InChI=1S/C15H16/c1-2-7-13(8-3-1)14-9-6-12-15(14)10-4-5-11-15/h1-3,6-9,12H,4-5,10-11H2. The SMILES string of the molecule is C1=CC2(CCCC2)C(c2ccccc2)=C1. The molecule has 1 aromatic carbocycles. The van der Waals surface area contributed by atoms with Crippen molar-refractivity contribution in [3.05, 3.63) is 54.1 Å². The molecular formula is C15H16. The van der Waals surface area contributed by atoms with Gasteiger partial charge in [0.1, 0.15) is 0 Å². The van der Waals surface area contributed by atoms with Crippen LogP contribution in [0.4, 0.5) is 0 Å². The molecule has 0 radical (unpaired) electrons. The van der Waals surface area contributed by atoms with Gasteiger partial charge in [0.15, 0.2) is 0 Å². The molecule has 0 amide bonds. The van der Waals surface area contributed by atoms with Gasteiger partial charge in [-0.1, -0.05) is 61.4 Å².